The molecule has 0 aliphatic carbocycles. The van der Waals surface area contributed by atoms with Crippen molar-refractivity contribution in [1.82, 2.24) is 19.8 Å². The molecule has 1 aliphatic heterocycles. The summed E-state index contributed by atoms with van der Waals surface area (Å²) in [7, 11) is 0. The van der Waals surface area contributed by atoms with Crippen molar-refractivity contribution < 1.29 is 4.79 Å². The normalized spacial score (nSPS) is 15.1. The average Bonchev–Trinajstić information content (AvgIpc) is 3.19. The summed E-state index contributed by atoms with van der Waals surface area (Å²) in [4.78, 5) is 26.7. The second kappa shape index (κ2) is 8.67. The number of hydrogen-bond donors (Lipinski definition) is 1. The molecule has 0 atom stereocenters. The van der Waals surface area contributed by atoms with Gasteiger partial charge in [-0.25, -0.2) is 9.97 Å². The van der Waals surface area contributed by atoms with Crippen LogP contribution in [-0.4, -0.2) is 64.9 Å². The lowest BCUT2D eigenvalue weighted by atomic mass is 10.1. The highest BCUT2D eigenvalue weighted by Crippen LogP contribution is 2.36. The quantitative estimate of drug-likeness (QED) is 0.694. The van der Waals surface area contributed by atoms with Gasteiger partial charge in [0.1, 0.15) is 17.0 Å². The molecule has 4 rings (SSSR count). The summed E-state index contributed by atoms with van der Waals surface area (Å²) in [6.07, 6.45) is 2.06. The van der Waals surface area contributed by atoms with Crippen molar-refractivity contribution in [2.75, 3.05) is 44.6 Å². The van der Waals surface area contributed by atoms with E-state index in [-0.39, 0.29) is 5.91 Å². The fraction of sp³-hybridized carbons (Fsp3) is 0.381. The van der Waals surface area contributed by atoms with Crippen LogP contribution < -0.4 is 5.32 Å². The predicted octanol–water partition coefficient (Wildman–Crippen LogP) is 3.32. The molecule has 0 unspecified atom stereocenters. The molecule has 3 aromatic rings. The Morgan fingerprint density at radius 2 is 1.93 bits per heavy atom. The van der Waals surface area contributed by atoms with Crippen LogP contribution in [0.1, 0.15) is 13.3 Å². The number of carbonyl (C=O) groups is 1. The zero-order chi connectivity index (χ0) is 19.3. The fourth-order valence-electron chi connectivity index (χ4n) is 3.60. The number of rotatable bonds is 6. The van der Waals surface area contributed by atoms with Crippen LogP contribution in [0, 0.1) is 0 Å². The second-order valence-corrected chi connectivity index (χ2v) is 7.77. The summed E-state index contributed by atoms with van der Waals surface area (Å²) >= 11 is 1.62. The first-order valence-electron chi connectivity index (χ1n) is 9.78. The number of piperazine rings is 1. The zero-order valence-corrected chi connectivity index (χ0v) is 16.9. The molecule has 1 amide bonds. The molecule has 6 nitrogen and oxygen atoms in total. The van der Waals surface area contributed by atoms with Gasteiger partial charge in [-0.3, -0.25) is 4.79 Å². The number of thiophene rings is 1. The average molecular weight is 396 g/mol. The molecule has 1 fully saturated rings. The van der Waals surface area contributed by atoms with Crippen molar-refractivity contribution in [3.8, 4) is 11.1 Å². The molecular weight excluding hydrogens is 370 g/mol. The number of likely N-dealkylation sites (N-methyl/N-ethyl adjacent to an activating group) is 1. The van der Waals surface area contributed by atoms with Crippen LogP contribution >= 0.6 is 11.3 Å². The number of aromatic nitrogens is 2. The standard InChI is InChI=1S/C21H25N5OS/c1-2-25-10-12-26(13-11-25)18(27)8-9-22-20-19-17(16-6-4-3-5-7-16)14-28-21(19)24-15-23-20/h3-7,14-15H,2,8-13H2,1H3,(H,22,23,24). The van der Waals surface area contributed by atoms with E-state index in [1.165, 1.54) is 0 Å². The highest BCUT2D eigenvalue weighted by Gasteiger charge is 2.20. The van der Waals surface area contributed by atoms with Crippen molar-refractivity contribution in [1.29, 1.82) is 0 Å². The number of fused-ring (bicyclic) bond motifs is 1. The van der Waals surface area contributed by atoms with Crippen molar-refractivity contribution in [3.63, 3.8) is 0 Å². The fourth-order valence-corrected chi connectivity index (χ4v) is 4.51. The summed E-state index contributed by atoms with van der Waals surface area (Å²) in [5, 5.41) is 6.53. The van der Waals surface area contributed by atoms with Crippen LogP contribution in [0.5, 0.6) is 0 Å². The first-order valence-corrected chi connectivity index (χ1v) is 10.7. The van der Waals surface area contributed by atoms with Gasteiger partial charge in [0, 0.05) is 50.1 Å². The van der Waals surface area contributed by atoms with Gasteiger partial charge in [-0.2, -0.15) is 0 Å². The SMILES string of the molecule is CCN1CCN(C(=O)CCNc2ncnc3scc(-c4ccccc4)c23)CC1. The number of hydrogen-bond acceptors (Lipinski definition) is 6. The summed E-state index contributed by atoms with van der Waals surface area (Å²) < 4.78 is 0. The molecule has 0 saturated carbocycles. The maximum absolute atomic E-state index is 12.5. The van der Waals surface area contributed by atoms with Crippen LogP contribution in [0.4, 0.5) is 5.82 Å². The van der Waals surface area contributed by atoms with Gasteiger partial charge in [-0.05, 0) is 12.1 Å². The smallest absolute Gasteiger partial charge is 0.224 e. The van der Waals surface area contributed by atoms with Crippen molar-refractivity contribution in [2.45, 2.75) is 13.3 Å². The molecular formula is C21H25N5OS. The second-order valence-electron chi connectivity index (χ2n) is 6.91. The largest absolute Gasteiger partial charge is 0.369 e. The number of amides is 1. The van der Waals surface area contributed by atoms with E-state index in [0.29, 0.717) is 13.0 Å². The van der Waals surface area contributed by atoms with Crippen molar-refractivity contribution in [3.05, 3.63) is 42.0 Å². The number of anilines is 1. The summed E-state index contributed by atoms with van der Waals surface area (Å²) in [5.74, 6) is 1.01. The number of benzene rings is 1. The molecule has 3 heterocycles. The number of carbonyl (C=O) groups excluding carboxylic acids is 1. The van der Waals surface area contributed by atoms with Gasteiger partial charge >= 0.3 is 0 Å². The van der Waals surface area contributed by atoms with Crippen LogP contribution in [-0.2, 0) is 4.79 Å². The molecule has 1 aromatic carbocycles. The topological polar surface area (TPSA) is 61.4 Å². The Kier molecular flexibility index (Phi) is 5.83. The summed E-state index contributed by atoms with van der Waals surface area (Å²) in [6, 6.07) is 10.3. The van der Waals surface area contributed by atoms with Gasteiger partial charge < -0.3 is 15.1 Å². The van der Waals surface area contributed by atoms with E-state index in [9.17, 15) is 4.79 Å². The third-order valence-electron chi connectivity index (χ3n) is 5.26. The Labute approximate surface area is 169 Å². The van der Waals surface area contributed by atoms with Gasteiger partial charge in [-0.1, -0.05) is 37.3 Å². The monoisotopic (exact) mass is 395 g/mol. The van der Waals surface area contributed by atoms with E-state index < -0.39 is 0 Å². The minimum Gasteiger partial charge on any atom is -0.369 e. The predicted molar refractivity (Wildman–Crippen MR) is 115 cm³/mol. The van der Waals surface area contributed by atoms with Gasteiger partial charge in [0.2, 0.25) is 5.91 Å². The number of nitrogens with one attached hydrogen (secondary N) is 1. The number of nitrogens with zero attached hydrogens (tertiary/aromatic N) is 4. The Morgan fingerprint density at radius 1 is 1.14 bits per heavy atom. The van der Waals surface area contributed by atoms with Gasteiger partial charge in [-0.15, -0.1) is 11.3 Å². The Bertz CT molecular complexity index is 934. The van der Waals surface area contributed by atoms with Crippen molar-refractivity contribution >= 4 is 33.3 Å². The lowest BCUT2D eigenvalue weighted by molar-refractivity contribution is -0.132. The summed E-state index contributed by atoms with van der Waals surface area (Å²) in [6.45, 7) is 7.38. The molecule has 2 aromatic heterocycles. The van der Waals surface area contributed by atoms with Crippen LogP contribution in [0.3, 0.4) is 0 Å². The molecule has 1 saturated heterocycles. The lowest BCUT2D eigenvalue weighted by Crippen LogP contribution is -2.48. The minimum absolute atomic E-state index is 0.210. The maximum atomic E-state index is 12.5. The van der Waals surface area contributed by atoms with E-state index in [0.717, 1.165) is 59.9 Å². The van der Waals surface area contributed by atoms with E-state index in [4.69, 9.17) is 0 Å². The van der Waals surface area contributed by atoms with Crippen LogP contribution in [0.2, 0.25) is 0 Å². The highest BCUT2D eigenvalue weighted by molar-refractivity contribution is 7.17. The van der Waals surface area contributed by atoms with E-state index in [1.54, 1.807) is 17.7 Å². The molecule has 146 valence electrons. The zero-order valence-electron chi connectivity index (χ0n) is 16.1. The third kappa shape index (κ3) is 4.00. The third-order valence-corrected chi connectivity index (χ3v) is 6.14. The van der Waals surface area contributed by atoms with Gasteiger partial charge in [0.05, 0.1) is 5.39 Å². The molecule has 1 aliphatic rings. The molecule has 7 heteroatoms. The van der Waals surface area contributed by atoms with Gasteiger partial charge in [0.15, 0.2) is 0 Å². The van der Waals surface area contributed by atoms with E-state index in [1.807, 2.05) is 23.1 Å². The molecule has 1 N–H and O–H groups in total. The van der Waals surface area contributed by atoms with E-state index in [2.05, 4.69) is 44.6 Å². The molecule has 0 spiro atoms. The van der Waals surface area contributed by atoms with E-state index >= 15 is 0 Å². The minimum atomic E-state index is 0.210. The van der Waals surface area contributed by atoms with Gasteiger partial charge in [0.25, 0.3) is 0 Å². The van der Waals surface area contributed by atoms with Crippen LogP contribution in [0.25, 0.3) is 21.3 Å². The Balaban J connectivity index is 1.43. The Hall–Kier alpha value is -2.51. The molecule has 0 radical (unpaired) electrons. The lowest BCUT2D eigenvalue weighted by Gasteiger charge is -2.34. The molecule has 0 bridgehead atoms. The summed E-state index contributed by atoms with van der Waals surface area (Å²) in [5.41, 5.74) is 2.28. The first kappa shape index (κ1) is 18.8. The Morgan fingerprint density at radius 3 is 2.68 bits per heavy atom. The first-order chi connectivity index (χ1) is 13.8. The molecule has 28 heavy (non-hydrogen) atoms. The van der Waals surface area contributed by atoms with Crippen molar-refractivity contribution in [2.24, 2.45) is 0 Å². The maximum Gasteiger partial charge on any atom is 0.224 e. The highest BCUT2D eigenvalue weighted by atomic mass is 32.1. The van der Waals surface area contributed by atoms with Crippen LogP contribution in [0.15, 0.2) is 42.0 Å².